The molecule has 2 N–H and O–H groups in total. The molecule has 110 valence electrons. The second-order valence-electron chi connectivity index (χ2n) is 5.82. The summed E-state index contributed by atoms with van der Waals surface area (Å²) in [7, 11) is 0. The van der Waals surface area contributed by atoms with Gasteiger partial charge in [0.25, 0.3) is 0 Å². The van der Waals surface area contributed by atoms with Gasteiger partial charge in [-0.2, -0.15) is 0 Å². The van der Waals surface area contributed by atoms with E-state index < -0.39 is 12.2 Å². The molecule has 0 aromatic rings. The van der Waals surface area contributed by atoms with E-state index in [9.17, 15) is 10.2 Å². The molecule has 0 aromatic heterocycles. The molecule has 18 heavy (non-hydrogen) atoms. The molecule has 0 spiro atoms. The first-order valence-corrected chi connectivity index (χ1v) is 7.02. The fourth-order valence-corrected chi connectivity index (χ4v) is 1.47. The first-order chi connectivity index (χ1) is 8.41. The van der Waals surface area contributed by atoms with Crippen LogP contribution in [0.15, 0.2) is 0 Å². The summed E-state index contributed by atoms with van der Waals surface area (Å²) in [5, 5.41) is 19.1. The van der Waals surface area contributed by atoms with Crippen molar-refractivity contribution in [3.8, 4) is 0 Å². The van der Waals surface area contributed by atoms with Crippen molar-refractivity contribution in [1.82, 2.24) is 0 Å². The van der Waals surface area contributed by atoms with Crippen molar-refractivity contribution in [1.29, 1.82) is 0 Å². The molecule has 0 fully saturated rings. The summed E-state index contributed by atoms with van der Waals surface area (Å²) < 4.78 is 0. The average Bonchev–Trinajstić information content (AvgIpc) is 2.29. The smallest absolute Gasteiger partial charge is 0.108 e. The molecular formula is C14H30O4. The molecule has 0 aromatic carbocycles. The fraction of sp³-hybridized carbons (Fsp3) is 1.00. The molecule has 0 heterocycles. The van der Waals surface area contributed by atoms with Crippen LogP contribution in [0.1, 0.15) is 53.4 Å². The SMILES string of the molecule is CC(C)CCC(O)COOCC(O)CCC(C)C. The Kier molecular flexibility index (Phi) is 10.6. The van der Waals surface area contributed by atoms with Gasteiger partial charge in [-0.3, -0.25) is 0 Å². The Morgan fingerprint density at radius 1 is 0.667 bits per heavy atom. The molecule has 0 bridgehead atoms. The minimum atomic E-state index is -0.486. The Morgan fingerprint density at radius 2 is 1.00 bits per heavy atom. The number of hydrogen-bond acceptors (Lipinski definition) is 4. The Morgan fingerprint density at radius 3 is 1.28 bits per heavy atom. The molecule has 2 unspecified atom stereocenters. The number of rotatable bonds is 11. The summed E-state index contributed by atoms with van der Waals surface area (Å²) in [5.41, 5.74) is 0. The predicted octanol–water partition coefficient (Wildman–Crippen LogP) is 2.53. The van der Waals surface area contributed by atoms with Crippen molar-refractivity contribution in [2.75, 3.05) is 13.2 Å². The summed E-state index contributed by atoms with van der Waals surface area (Å²) in [6.45, 7) is 8.82. The van der Waals surface area contributed by atoms with Crippen LogP contribution in [-0.4, -0.2) is 35.6 Å². The maximum absolute atomic E-state index is 9.57. The van der Waals surface area contributed by atoms with Crippen molar-refractivity contribution in [3.05, 3.63) is 0 Å². The van der Waals surface area contributed by atoms with E-state index >= 15 is 0 Å². The van der Waals surface area contributed by atoms with Gasteiger partial charge in [-0.25, -0.2) is 9.78 Å². The van der Waals surface area contributed by atoms with Gasteiger partial charge in [-0.15, -0.1) is 0 Å². The lowest BCUT2D eigenvalue weighted by Crippen LogP contribution is -2.20. The van der Waals surface area contributed by atoms with E-state index in [-0.39, 0.29) is 13.2 Å². The lowest BCUT2D eigenvalue weighted by Gasteiger charge is -2.14. The molecule has 0 rings (SSSR count). The zero-order valence-electron chi connectivity index (χ0n) is 12.3. The molecule has 4 nitrogen and oxygen atoms in total. The van der Waals surface area contributed by atoms with Gasteiger partial charge in [0.05, 0.1) is 12.2 Å². The monoisotopic (exact) mass is 262 g/mol. The van der Waals surface area contributed by atoms with Crippen LogP contribution < -0.4 is 0 Å². The van der Waals surface area contributed by atoms with Crippen molar-refractivity contribution in [2.24, 2.45) is 11.8 Å². The van der Waals surface area contributed by atoms with E-state index in [1.807, 2.05) is 0 Å². The Bertz CT molecular complexity index is 163. The average molecular weight is 262 g/mol. The summed E-state index contributed by atoms with van der Waals surface area (Å²) in [4.78, 5) is 9.79. The minimum Gasteiger partial charge on any atom is -0.391 e. The Labute approximate surface area is 111 Å². The van der Waals surface area contributed by atoms with Crippen LogP contribution in [0.3, 0.4) is 0 Å². The fourth-order valence-electron chi connectivity index (χ4n) is 1.47. The predicted molar refractivity (Wildman–Crippen MR) is 72.1 cm³/mol. The van der Waals surface area contributed by atoms with Gasteiger partial charge in [-0.05, 0) is 37.5 Å². The van der Waals surface area contributed by atoms with Crippen molar-refractivity contribution < 1.29 is 20.0 Å². The van der Waals surface area contributed by atoms with E-state index in [0.29, 0.717) is 11.8 Å². The van der Waals surface area contributed by atoms with Crippen LogP contribution in [-0.2, 0) is 9.78 Å². The topological polar surface area (TPSA) is 58.9 Å². The lowest BCUT2D eigenvalue weighted by atomic mass is 10.1. The van der Waals surface area contributed by atoms with Gasteiger partial charge in [0, 0.05) is 0 Å². The molecule has 0 aliphatic rings. The van der Waals surface area contributed by atoms with Gasteiger partial charge in [0.2, 0.25) is 0 Å². The normalized spacial score (nSPS) is 15.3. The van der Waals surface area contributed by atoms with Crippen LogP contribution in [0, 0.1) is 11.8 Å². The molecule has 2 atom stereocenters. The molecule has 0 saturated carbocycles. The Hall–Kier alpha value is -0.160. The van der Waals surface area contributed by atoms with Gasteiger partial charge < -0.3 is 10.2 Å². The van der Waals surface area contributed by atoms with E-state index in [0.717, 1.165) is 25.7 Å². The minimum absolute atomic E-state index is 0.170. The first kappa shape index (κ1) is 17.8. The summed E-state index contributed by atoms with van der Waals surface area (Å²) in [6, 6.07) is 0. The Balaban J connectivity index is 3.37. The third kappa shape index (κ3) is 12.3. The van der Waals surface area contributed by atoms with Crippen LogP contribution in [0.2, 0.25) is 0 Å². The molecule has 0 aliphatic carbocycles. The molecule has 0 amide bonds. The second kappa shape index (κ2) is 10.7. The zero-order chi connectivity index (χ0) is 14.0. The van der Waals surface area contributed by atoms with Crippen LogP contribution >= 0.6 is 0 Å². The van der Waals surface area contributed by atoms with Gasteiger partial charge in [0.1, 0.15) is 13.2 Å². The van der Waals surface area contributed by atoms with Crippen molar-refractivity contribution in [3.63, 3.8) is 0 Å². The number of aliphatic hydroxyl groups excluding tert-OH is 2. The first-order valence-electron chi connectivity index (χ1n) is 7.02. The van der Waals surface area contributed by atoms with E-state index in [2.05, 4.69) is 27.7 Å². The van der Waals surface area contributed by atoms with Crippen LogP contribution in [0.25, 0.3) is 0 Å². The standard InChI is InChI=1S/C14H30O4/c1-11(2)5-7-13(15)9-17-18-10-14(16)8-6-12(3)4/h11-16H,5-10H2,1-4H3. The highest BCUT2D eigenvalue weighted by atomic mass is 17.2. The lowest BCUT2D eigenvalue weighted by molar-refractivity contribution is -0.315. The highest BCUT2D eigenvalue weighted by Crippen LogP contribution is 2.08. The van der Waals surface area contributed by atoms with Crippen LogP contribution in [0.5, 0.6) is 0 Å². The molecule has 4 heteroatoms. The van der Waals surface area contributed by atoms with Crippen molar-refractivity contribution in [2.45, 2.75) is 65.6 Å². The molecule has 0 saturated heterocycles. The molecular weight excluding hydrogens is 232 g/mol. The quantitative estimate of drug-likeness (QED) is 0.341. The third-order valence-corrected chi connectivity index (χ3v) is 2.76. The van der Waals surface area contributed by atoms with Crippen LogP contribution in [0.4, 0.5) is 0 Å². The highest BCUT2D eigenvalue weighted by molar-refractivity contribution is 4.56. The summed E-state index contributed by atoms with van der Waals surface area (Å²) >= 11 is 0. The van der Waals surface area contributed by atoms with Gasteiger partial charge in [-0.1, -0.05) is 27.7 Å². The van der Waals surface area contributed by atoms with E-state index in [1.54, 1.807) is 0 Å². The second-order valence-corrected chi connectivity index (χ2v) is 5.82. The molecule has 0 aliphatic heterocycles. The van der Waals surface area contributed by atoms with Gasteiger partial charge in [0.15, 0.2) is 0 Å². The van der Waals surface area contributed by atoms with E-state index in [4.69, 9.17) is 9.78 Å². The number of hydrogen-bond donors (Lipinski definition) is 2. The van der Waals surface area contributed by atoms with E-state index in [1.165, 1.54) is 0 Å². The maximum atomic E-state index is 9.57. The largest absolute Gasteiger partial charge is 0.391 e. The third-order valence-electron chi connectivity index (χ3n) is 2.76. The molecule has 0 radical (unpaired) electrons. The number of aliphatic hydroxyl groups is 2. The summed E-state index contributed by atoms with van der Waals surface area (Å²) in [5.74, 6) is 1.16. The van der Waals surface area contributed by atoms with Gasteiger partial charge >= 0.3 is 0 Å². The maximum Gasteiger partial charge on any atom is 0.108 e. The summed E-state index contributed by atoms with van der Waals surface area (Å²) in [6.07, 6.45) is 2.41. The zero-order valence-corrected chi connectivity index (χ0v) is 12.3. The highest BCUT2D eigenvalue weighted by Gasteiger charge is 2.09. The van der Waals surface area contributed by atoms with Crippen molar-refractivity contribution >= 4 is 0 Å².